The molecule has 0 aliphatic heterocycles. The van der Waals surface area contributed by atoms with Crippen molar-refractivity contribution in [1.82, 2.24) is 10.0 Å². The van der Waals surface area contributed by atoms with Crippen molar-refractivity contribution in [2.45, 2.75) is 44.2 Å². The molecule has 2 aromatic rings. The van der Waals surface area contributed by atoms with Crippen LogP contribution in [0, 0.1) is 0 Å². The van der Waals surface area contributed by atoms with Gasteiger partial charge in [0, 0.05) is 11.6 Å². The van der Waals surface area contributed by atoms with Crippen LogP contribution < -0.4 is 10.0 Å². The molecule has 0 saturated heterocycles. The molecule has 1 amide bonds. The van der Waals surface area contributed by atoms with Crippen LogP contribution in [0.1, 0.15) is 49.2 Å². The van der Waals surface area contributed by atoms with Gasteiger partial charge >= 0.3 is 0 Å². The smallest absolute Gasteiger partial charge is 0.251 e. The normalized spacial score (nSPS) is 13.9. The molecule has 2 aromatic carbocycles. The van der Waals surface area contributed by atoms with Crippen LogP contribution in [0.4, 0.5) is 0 Å². The molecule has 0 saturated carbocycles. The summed E-state index contributed by atoms with van der Waals surface area (Å²) in [5.41, 5.74) is 1.43. The first kappa shape index (κ1) is 19.1. The lowest BCUT2D eigenvalue weighted by molar-refractivity contribution is 0.0940. The molecular formula is C19H24N2O3S. The van der Waals surface area contributed by atoms with E-state index < -0.39 is 10.0 Å². The van der Waals surface area contributed by atoms with Crippen LogP contribution in [0.5, 0.6) is 0 Å². The van der Waals surface area contributed by atoms with Gasteiger partial charge in [0.1, 0.15) is 0 Å². The van der Waals surface area contributed by atoms with Gasteiger partial charge in [0.25, 0.3) is 5.91 Å². The molecule has 2 rings (SSSR count). The summed E-state index contributed by atoms with van der Waals surface area (Å²) >= 11 is 0. The molecule has 0 aromatic heterocycles. The summed E-state index contributed by atoms with van der Waals surface area (Å²) in [7, 11) is -3.56. The maximum atomic E-state index is 12.3. The summed E-state index contributed by atoms with van der Waals surface area (Å²) in [6.07, 6.45) is 0.705. The monoisotopic (exact) mass is 360 g/mol. The van der Waals surface area contributed by atoms with Crippen LogP contribution in [0.15, 0.2) is 59.5 Å². The Kier molecular flexibility index (Phi) is 6.33. The van der Waals surface area contributed by atoms with E-state index in [1.165, 1.54) is 24.3 Å². The molecule has 6 heteroatoms. The Morgan fingerprint density at radius 3 is 2.16 bits per heavy atom. The number of rotatable bonds is 7. The lowest BCUT2D eigenvalue weighted by Crippen LogP contribution is -2.32. The van der Waals surface area contributed by atoms with E-state index in [2.05, 4.69) is 10.0 Å². The van der Waals surface area contributed by atoms with E-state index in [-0.39, 0.29) is 22.9 Å². The van der Waals surface area contributed by atoms with E-state index >= 15 is 0 Å². The van der Waals surface area contributed by atoms with Gasteiger partial charge in [-0.25, -0.2) is 13.1 Å². The Morgan fingerprint density at radius 1 is 1.00 bits per heavy atom. The van der Waals surface area contributed by atoms with Gasteiger partial charge in [-0.3, -0.25) is 4.79 Å². The minimum absolute atomic E-state index is 0.135. The minimum Gasteiger partial charge on any atom is -0.346 e. The van der Waals surface area contributed by atoms with Gasteiger partial charge in [0.05, 0.1) is 10.9 Å². The lowest BCUT2D eigenvalue weighted by Gasteiger charge is -2.15. The van der Waals surface area contributed by atoms with Gasteiger partial charge in [-0.15, -0.1) is 0 Å². The first-order valence-corrected chi connectivity index (χ1v) is 9.80. The first-order valence-electron chi connectivity index (χ1n) is 8.31. The third kappa shape index (κ3) is 5.14. The van der Waals surface area contributed by atoms with Crippen molar-refractivity contribution in [2.75, 3.05) is 0 Å². The summed E-state index contributed by atoms with van der Waals surface area (Å²) in [5, 5.41) is 2.91. The van der Waals surface area contributed by atoms with Crippen LogP contribution in [-0.4, -0.2) is 20.4 Å². The maximum absolute atomic E-state index is 12.3. The lowest BCUT2D eigenvalue weighted by atomic mass is 10.1. The van der Waals surface area contributed by atoms with Crippen molar-refractivity contribution in [2.24, 2.45) is 0 Å². The third-order valence-corrected chi connectivity index (χ3v) is 5.65. The van der Waals surface area contributed by atoms with Crippen molar-refractivity contribution >= 4 is 15.9 Å². The van der Waals surface area contributed by atoms with Gasteiger partial charge < -0.3 is 5.32 Å². The summed E-state index contributed by atoms with van der Waals surface area (Å²) in [6.45, 7) is 5.63. The summed E-state index contributed by atoms with van der Waals surface area (Å²) < 4.78 is 27.1. The van der Waals surface area contributed by atoms with Gasteiger partial charge in [-0.1, -0.05) is 37.3 Å². The minimum atomic E-state index is -3.56. The number of hydrogen-bond donors (Lipinski definition) is 2. The quantitative estimate of drug-likeness (QED) is 0.796. The second kappa shape index (κ2) is 8.27. The van der Waals surface area contributed by atoms with Crippen molar-refractivity contribution in [1.29, 1.82) is 0 Å². The predicted octanol–water partition coefficient (Wildman–Crippen LogP) is 3.25. The molecule has 25 heavy (non-hydrogen) atoms. The van der Waals surface area contributed by atoms with Crippen LogP contribution >= 0.6 is 0 Å². The number of amides is 1. The number of carbonyl (C=O) groups is 1. The van der Waals surface area contributed by atoms with Crippen LogP contribution in [0.3, 0.4) is 0 Å². The topological polar surface area (TPSA) is 75.3 Å². The standard InChI is InChI=1S/C19H24N2O3S/c1-4-14(2)21-25(23,24)18-12-10-17(11-13-18)19(22)20-15(3)16-8-6-5-7-9-16/h5-15,21H,4H2,1-3H3,(H,20,22)/t14-,15+/m0/s1. The highest BCUT2D eigenvalue weighted by Crippen LogP contribution is 2.15. The Balaban J connectivity index is 2.08. The molecule has 2 N–H and O–H groups in total. The van der Waals surface area contributed by atoms with Crippen LogP contribution in [-0.2, 0) is 10.0 Å². The molecule has 0 bridgehead atoms. The van der Waals surface area contributed by atoms with Crippen molar-refractivity contribution in [3.63, 3.8) is 0 Å². The fourth-order valence-electron chi connectivity index (χ4n) is 2.31. The molecule has 0 unspecified atom stereocenters. The van der Waals surface area contributed by atoms with Gasteiger partial charge in [0.2, 0.25) is 10.0 Å². The van der Waals surface area contributed by atoms with Crippen LogP contribution in [0.2, 0.25) is 0 Å². The second-order valence-corrected chi connectivity index (χ2v) is 7.77. The number of hydrogen-bond acceptors (Lipinski definition) is 3. The predicted molar refractivity (Wildman–Crippen MR) is 98.8 cm³/mol. The Labute approximate surface area is 149 Å². The number of benzene rings is 2. The molecule has 134 valence electrons. The third-order valence-electron chi connectivity index (χ3n) is 4.04. The van der Waals surface area contributed by atoms with E-state index in [4.69, 9.17) is 0 Å². The van der Waals surface area contributed by atoms with Crippen molar-refractivity contribution in [3.8, 4) is 0 Å². The highest BCUT2D eigenvalue weighted by atomic mass is 32.2. The van der Waals surface area contributed by atoms with Gasteiger partial charge in [0.15, 0.2) is 0 Å². The molecule has 0 fully saturated rings. The van der Waals surface area contributed by atoms with E-state index in [0.29, 0.717) is 12.0 Å². The fraction of sp³-hybridized carbons (Fsp3) is 0.316. The molecule has 0 aliphatic rings. The fourth-order valence-corrected chi connectivity index (χ4v) is 3.63. The van der Waals surface area contributed by atoms with Crippen LogP contribution in [0.25, 0.3) is 0 Å². The summed E-state index contributed by atoms with van der Waals surface area (Å²) in [6, 6.07) is 15.3. The second-order valence-electron chi connectivity index (χ2n) is 6.06. The first-order chi connectivity index (χ1) is 11.8. The van der Waals surface area contributed by atoms with E-state index in [1.807, 2.05) is 51.1 Å². The Hall–Kier alpha value is -2.18. The summed E-state index contributed by atoms with van der Waals surface area (Å²) in [4.78, 5) is 12.5. The molecule has 0 aliphatic carbocycles. The Bertz CT molecular complexity index is 802. The van der Waals surface area contributed by atoms with E-state index in [1.54, 1.807) is 0 Å². The average molecular weight is 360 g/mol. The molecule has 5 nitrogen and oxygen atoms in total. The average Bonchev–Trinajstić information content (AvgIpc) is 2.62. The van der Waals surface area contributed by atoms with Gasteiger partial charge in [-0.2, -0.15) is 0 Å². The zero-order valence-electron chi connectivity index (χ0n) is 14.7. The van der Waals surface area contributed by atoms with Gasteiger partial charge in [-0.05, 0) is 50.1 Å². The maximum Gasteiger partial charge on any atom is 0.251 e. The molecule has 0 heterocycles. The molecule has 0 spiro atoms. The highest BCUT2D eigenvalue weighted by molar-refractivity contribution is 7.89. The van der Waals surface area contributed by atoms with E-state index in [0.717, 1.165) is 5.56 Å². The highest BCUT2D eigenvalue weighted by Gasteiger charge is 2.17. The summed E-state index contributed by atoms with van der Waals surface area (Å²) in [5.74, 6) is -0.241. The molecule has 0 radical (unpaired) electrons. The molecular weight excluding hydrogens is 336 g/mol. The van der Waals surface area contributed by atoms with E-state index in [9.17, 15) is 13.2 Å². The zero-order valence-corrected chi connectivity index (χ0v) is 15.5. The number of carbonyl (C=O) groups excluding carboxylic acids is 1. The zero-order chi connectivity index (χ0) is 18.4. The Morgan fingerprint density at radius 2 is 1.60 bits per heavy atom. The van der Waals surface area contributed by atoms with Crippen molar-refractivity contribution in [3.05, 3.63) is 65.7 Å². The van der Waals surface area contributed by atoms with Crippen molar-refractivity contribution < 1.29 is 13.2 Å². The number of nitrogens with one attached hydrogen (secondary N) is 2. The SMILES string of the molecule is CC[C@H](C)NS(=O)(=O)c1ccc(C(=O)N[C@H](C)c2ccccc2)cc1. The number of sulfonamides is 1. The molecule has 2 atom stereocenters. The largest absolute Gasteiger partial charge is 0.346 e.